The zero-order valence-corrected chi connectivity index (χ0v) is 5.37. The summed E-state index contributed by atoms with van der Waals surface area (Å²) in [6.45, 7) is 6.75. The summed E-state index contributed by atoms with van der Waals surface area (Å²) in [7, 11) is 0. The van der Waals surface area contributed by atoms with Crippen molar-refractivity contribution >= 4 is 24.7 Å². The van der Waals surface area contributed by atoms with E-state index in [1.807, 2.05) is 0 Å². The summed E-state index contributed by atoms with van der Waals surface area (Å²) in [6, 6.07) is 0.0808. The van der Waals surface area contributed by atoms with Gasteiger partial charge in [-0.25, -0.2) is 4.99 Å². The molecule has 0 aliphatic rings. The summed E-state index contributed by atoms with van der Waals surface area (Å²) < 4.78 is 4.82. The number of aromatic nitrogens is 1. The topological polar surface area (TPSA) is 64.4 Å². The highest BCUT2D eigenvalue weighted by molar-refractivity contribution is 5.57. The number of nitrogen functional groups attached to an aromatic ring is 1. The zero-order chi connectivity index (χ0) is 7.56. The first kappa shape index (κ1) is 6.54. The van der Waals surface area contributed by atoms with Crippen LogP contribution in [0.4, 0.5) is 11.9 Å². The molecule has 0 saturated heterocycles. The lowest BCUT2D eigenvalue weighted by atomic mass is 10.4. The third kappa shape index (κ3) is 0.907. The number of oxazole rings is 1. The van der Waals surface area contributed by atoms with E-state index in [4.69, 9.17) is 10.2 Å². The highest BCUT2D eigenvalue weighted by Crippen LogP contribution is 2.21. The molecule has 0 aromatic carbocycles. The fourth-order valence-corrected chi connectivity index (χ4v) is 0.587. The minimum atomic E-state index is 0.0808. The maximum Gasteiger partial charge on any atom is 0.294 e. The van der Waals surface area contributed by atoms with Crippen LogP contribution in [0, 0.1) is 0 Å². The molecule has 0 radical (unpaired) electrons. The monoisotopic (exact) mass is 137 g/mol. The third-order valence-corrected chi connectivity index (χ3v) is 0.988. The number of aliphatic imine (C=N–C) groups is 1. The van der Waals surface area contributed by atoms with Gasteiger partial charge < -0.3 is 10.2 Å². The van der Waals surface area contributed by atoms with Gasteiger partial charge in [-0.1, -0.05) is 6.58 Å². The van der Waals surface area contributed by atoms with Crippen molar-refractivity contribution < 1.29 is 4.42 Å². The van der Waals surface area contributed by atoms with Gasteiger partial charge in [-0.15, -0.1) is 0 Å². The van der Waals surface area contributed by atoms with Gasteiger partial charge in [0.25, 0.3) is 6.01 Å². The summed E-state index contributed by atoms with van der Waals surface area (Å²) in [5.41, 5.74) is 5.74. The zero-order valence-electron chi connectivity index (χ0n) is 5.37. The molecular weight excluding hydrogens is 130 g/mol. The van der Waals surface area contributed by atoms with Crippen LogP contribution in [-0.2, 0) is 0 Å². The average molecular weight is 137 g/mol. The molecule has 2 N–H and O–H groups in total. The molecule has 0 spiro atoms. The number of hydrogen-bond acceptors (Lipinski definition) is 4. The summed E-state index contributed by atoms with van der Waals surface area (Å²) >= 11 is 0. The molecule has 1 aromatic rings. The van der Waals surface area contributed by atoms with E-state index in [1.165, 1.54) is 6.08 Å². The van der Waals surface area contributed by atoms with Gasteiger partial charge in [0.2, 0.25) is 5.88 Å². The van der Waals surface area contributed by atoms with E-state index in [0.29, 0.717) is 11.6 Å². The van der Waals surface area contributed by atoms with Crippen molar-refractivity contribution in [3.63, 3.8) is 0 Å². The van der Waals surface area contributed by atoms with Crippen LogP contribution in [0.25, 0.3) is 6.08 Å². The van der Waals surface area contributed by atoms with E-state index in [0.717, 1.165) is 0 Å². The molecule has 4 nitrogen and oxygen atoms in total. The van der Waals surface area contributed by atoms with Crippen LogP contribution in [-0.4, -0.2) is 11.7 Å². The predicted molar refractivity (Wildman–Crippen MR) is 40.2 cm³/mol. The number of hydrogen-bond donors (Lipinski definition) is 1. The van der Waals surface area contributed by atoms with Gasteiger partial charge in [-0.3, -0.25) is 0 Å². The van der Waals surface area contributed by atoms with Gasteiger partial charge in [0.05, 0.1) is 0 Å². The maximum absolute atomic E-state index is 5.22. The molecule has 1 heterocycles. The van der Waals surface area contributed by atoms with Gasteiger partial charge in [0.1, 0.15) is 5.69 Å². The van der Waals surface area contributed by atoms with Gasteiger partial charge in [-0.2, -0.15) is 4.98 Å². The second kappa shape index (κ2) is 2.34. The van der Waals surface area contributed by atoms with Crippen molar-refractivity contribution in [3.8, 4) is 0 Å². The fraction of sp³-hybridized carbons (Fsp3) is 0. The molecule has 0 bridgehead atoms. The predicted octanol–water partition coefficient (Wildman–Crippen LogP) is 1.23. The van der Waals surface area contributed by atoms with E-state index in [9.17, 15) is 0 Å². The van der Waals surface area contributed by atoms with Crippen LogP contribution >= 0.6 is 0 Å². The molecule has 52 valence electrons. The molecule has 4 heteroatoms. The Morgan fingerprint density at radius 3 is 2.80 bits per heavy atom. The smallest absolute Gasteiger partial charge is 0.294 e. The number of nitrogens with zero attached hydrogens (tertiary/aromatic N) is 2. The summed E-state index contributed by atoms with van der Waals surface area (Å²) in [5.74, 6) is 0.313. The Balaban J connectivity index is 3.20. The molecule has 1 aromatic heterocycles. The van der Waals surface area contributed by atoms with Crippen LogP contribution in [0.2, 0.25) is 0 Å². The Labute approximate surface area is 58.1 Å². The summed E-state index contributed by atoms with van der Waals surface area (Å²) in [4.78, 5) is 7.29. The molecule has 0 saturated carbocycles. The van der Waals surface area contributed by atoms with Crippen molar-refractivity contribution in [1.82, 2.24) is 4.98 Å². The Hall–Kier alpha value is -1.58. The van der Waals surface area contributed by atoms with Gasteiger partial charge in [-0.05, 0) is 12.8 Å². The largest absolute Gasteiger partial charge is 0.405 e. The molecule has 0 aliphatic carbocycles. The van der Waals surface area contributed by atoms with Crippen LogP contribution in [0.3, 0.4) is 0 Å². The second-order valence-corrected chi connectivity index (χ2v) is 1.60. The van der Waals surface area contributed by atoms with E-state index in [-0.39, 0.29) is 6.01 Å². The van der Waals surface area contributed by atoms with Crippen LogP contribution < -0.4 is 5.73 Å². The molecule has 0 unspecified atom stereocenters. The molecule has 0 aliphatic heterocycles. The third-order valence-electron chi connectivity index (χ3n) is 0.988. The van der Waals surface area contributed by atoms with E-state index in [1.54, 1.807) is 0 Å². The summed E-state index contributed by atoms with van der Waals surface area (Å²) in [6.07, 6.45) is 1.50. The minimum Gasteiger partial charge on any atom is -0.405 e. The van der Waals surface area contributed by atoms with Crippen molar-refractivity contribution in [3.05, 3.63) is 12.3 Å². The second-order valence-electron chi connectivity index (χ2n) is 1.60. The molecule has 0 amide bonds. The quantitative estimate of drug-likeness (QED) is 0.623. The van der Waals surface area contributed by atoms with Crippen molar-refractivity contribution in [1.29, 1.82) is 0 Å². The first-order valence-corrected chi connectivity index (χ1v) is 2.63. The van der Waals surface area contributed by atoms with E-state index >= 15 is 0 Å². The molecule has 0 atom stereocenters. The minimum absolute atomic E-state index is 0.0808. The number of nitrogens with two attached hydrogens (primary N) is 1. The van der Waals surface area contributed by atoms with Gasteiger partial charge in [0.15, 0.2) is 0 Å². The van der Waals surface area contributed by atoms with Crippen LogP contribution in [0.5, 0.6) is 0 Å². The van der Waals surface area contributed by atoms with Gasteiger partial charge in [0, 0.05) is 0 Å². The van der Waals surface area contributed by atoms with Crippen molar-refractivity contribution in [2.75, 3.05) is 5.73 Å². The van der Waals surface area contributed by atoms with Crippen molar-refractivity contribution in [2.45, 2.75) is 0 Å². The highest BCUT2D eigenvalue weighted by Gasteiger charge is 2.04. The standard InChI is InChI=1S/C6H7N3O/c1-3-4-5(8-2)10-6(7)9-4/h3H,1-2H2,(H2,7,9). The highest BCUT2D eigenvalue weighted by atomic mass is 16.4. The maximum atomic E-state index is 5.22. The number of rotatable bonds is 2. The molecular formula is C6H7N3O. The first-order chi connectivity index (χ1) is 4.77. The van der Waals surface area contributed by atoms with E-state index in [2.05, 4.69) is 23.3 Å². The Kier molecular flexibility index (Phi) is 1.53. The SMILES string of the molecule is C=Cc1nc(N)oc1N=C. The fourth-order valence-electron chi connectivity index (χ4n) is 0.587. The molecule has 1 rings (SSSR count). The Morgan fingerprint density at radius 2 is 2.40 bits per heavy atom. The summed E-state index contributed by atoms with van der Waals surface area (Å²) in [5, 5.41) is 0. The van der Waals surface area contributed by atoms with Crippen molar-refractivity contribution in [2.24, 2.45) is 4.99 Å². The van der Waals surface area contributed by atoms with Gasteiger partial charge >= 0.3 is 0 Å². The average Bonchev–Trinajstić information content (AvgIpc) is 2.30. The lowest BCUT2D eigenvalue weighted by Gasteiger charge is -1.80. The lowest BCUT2D eigenvalue weighted by Crippen LogP contribution is -1.81. The number of anilines is 1. The normalized spacial score (nSPS) is 9.20. The van der Waals surface area contributed by atoms with Crippen LogP contribution in [0.15, 0.2) is 16.0 Å². The Bertz CT molecular complexity index is 238. The van der Waals surface area contributed by atoms with Crippen LogP contribution in [0.1, 0.15) is 5.69 Å². The Morgan fingerprint density at radius 1 is 1.70 bits per heavy atom. The molecule has 10 heavy (non-hydrogen) atoms. The molecule has 0 fully saturated rings. The van der Waals surface area contributed by atoms with E-state index < -0.39 is 0 Å². The first-order valence-electron chi connectivity index (χ1n) is 2.63. The lowest BCUT2D eigenvalue weighted by molar-refractivity contribution is 0.591.